The van der Waals surface area contributed by atoms with Crippen LogP contribution in [0.1, 0.15) is 12.8 Å². The Balaban J connectivity index is 1.71. The monoisotopic (exact) mass is 310 g/mol. The summed E-state index contributed by atoms with van der Waals surface area (Å²) in [6, 6.07) is 3.75. The third-order valence-corrected chi connectivity index (χ3v) is 4.71. The van der Waals surface area contributed by atoms with Gasteiger partial charge in [-0.05, 0) is 45.0 Å². The summed E-state index contributed by atoms with van der Waals surface area (Å²) in [6.07, 6.45) is 5.36. The van der Waals surface area contributed by atoms with E-state index in [0.29, 0.717) is 29.2 Å². The molecule has 1 aromatic rings. The highest BCUT2D eigenvalue weighted by Gasteiger charge is 2.30. The largest absolute Gasteiger partial charge is 0.338 e. The average Bonchev–Trinajstić information content (AvgIpc) is 2.37. The normalized spacial score (nSPS) is 22.5. The summed E-state index contributed by atoms with van der Waals surface area (Å²) < 4.78 is 11.2. The Morgan fingerprint density at radius 3 is 2.67 bits per heavy atom. The fraction of sp³-hybridized carbons (Fsp3) is 0.571. The number of anilines is 1. The molecule has 1 saturated carbocycles. The molecule has 0 bridgehead atoms. The summed E-state index contributed by atoms with van der Waals surface area (Å²) in [4.78, 5) is 18.7. The van der Waals surface area contributed by atoms with E-state index in [1.54, 1.807) is 18.4 Å². The molecular weight excluding hydrogens is 288 g/mol. The molecule has 0 saturated heterocycles. The summed E-state index contributed by atoms with van der Waals surface area (Å²) in [7, 11) is 3.11. The zero-order valence-electron chi connectivity index (χ0n) is 12.6. The highest BCUT2D eigenvalue weighted by Crippen LogP contribution is 2.29. The van der Waals surface area contributed by atoms with Crippen molar-refractivity contribution in [2.24, 2.45) is 5.92 Å². The number of urea groups is 1. The first-order chi connectivity index (χ1) is 9.95. The van der Waals surface area contributed by atoms with Crippen molar-refractivity contribution in [1.29, 1.82) is 0 Å². The van der Waals surface area contributed by atoms with Crippen LogP contribution in [0.2, 0.25) is 0 Å². The Bertz CT molecular complexity index is 512. The molecule has 2 amide bonds. The van der Waals surface area contributed by atoms with Gasteiger partial charge in [-0.15, -0.1) is 0 Å². The number of hydrogen-bond donors (Lipinski definition) is 2. The minimum absolute atomic E-state index is 0.249. The molecule has 2 rings (SSSR count). The van der Waals surface area contributed by atoms with Gasteiger partial charge in [0.25, 0.3) is 0 Å². The lowest BCUT2D eigenvalue weighted by Crippen LogP contribution is -2.45. The van der Waals surface area contributed by atoms with Crippen LogP contribution in [-0.4, -0.2) is 53.1 Å². The molecule has 1 aromatic heterocycles. The lowest BCUT2D eigenvalue weighted by Gasteiger charge is -2.39. The highest BCUT2D eigenvalue weighted by atomic mass is 32.2. The number of aromatic nitrogens is 1. The molecule has 6 nitrogen and oxygen atoms in total. The van der Waals surface area contributed by atoms with E-state index in [0.717, 1.165) is 12.8 Å². The van der Waals surface area contributed by atoms with E-state index in [1.807, 2.05) is 0 Å². The van der Waals surface area contributed by atoms with Gasteiger partial charge < -0.3 is 10.2 Å². The maximum absolute atomic E-state index is 11.8. The van der Waals surface area contributed by atoms with E-state index in [1.165, 1.54) is 6.20 Å². The molecule has 1 aliphatic rings. The van der Waals surface area contributed by atoms with Crippen molar-refractivity contribution in [2.45, 2.75) is 23.8 Å². The number of hydrogen-bond acceptors (Lipinski definition) is 4. The predicted octanol–water partition coefficient (Wildman–Crippen LogP) is 1.28. The molecule has 0 aliphatic heterocycles. The topological polar surface area (TPSA) is 74.3 Å². The Labute approximate surface area is 127 Å². The standard InChI is InChI=1S/C14H22N4O2S/c1-18(2)11-6-10(7-11)8-16-14(19)17-13-5-4-12(9-15-13)21(3)20/h4-5,9-11H,6-8H2,1-3H3,(H2,15,16,17,19). The smallest absolute Gasteiger partial charge is 0.320 e. The van der Waals surface area contributed by atoms with Crippen LogP contribution in [0.15, 0.2) is 23.2 Å². The van der Waals surface area contributed by atoms with Gasteiger partial charge in [-0.1, -0.05) is 0 Å². The molecule has 7 heteroatoms. The molecule has 0 radical (unpaired) electrons. The number of nitrogens with zero attached hydrogens (tertiary/aromatic N) is 2. The van der Waals surface area contributed by atoms with Crippen LogP contribution in [0.25, 0.3) is 0 Å². The Kier molecular flexibility index (Phi) is 5.30. The number of carbonyl (C=O) groups excluding carboxylic acids is 1. The first-order valence-electron chi connectivity index (χ1n) is 6.96. The van der Waals surface area contributed by atoms with Crippen molar-refractivity contribution < 1.29 is 9.00 Å². The molecule has 116 valence electrons. The first kappa shape index (κ1) is 15.9. The van der Waals surface area contributed by atoms with Crippen LogP contribution < -0.4 is 10.6 Å². The highest BCUT2D eigenvalue weighted by molar-refractivity contribution is 7.84. The molecule has 0 spiro atoms. The van der Waals surface area contributed by atoms with Crippen LogP contribution in [0.3, 0.4) is 0 Å². The number of nitrogens with one attached hydrogen (secondary N) is 2. The van der Waals surface area contributed by atoms with Crippen molar-refractivity contribution in [2.75, 3.05) is 32.2 Å². The summed E-state index contributed by atoms with van der Waals surface area (Å²) in [5, 5.41) is 5.54. The fourth-order valence-electron chi connectivity index (χ4n) is 2.31. The van der Waals surface area contributed by atoms with Crippen molar-refractivity contribution >= 4 is 22.6 Å². The number of pyridine rings is 1. The quantitative estimate of drug-likeness (QED) is 0.859. The second-order valence-corrected chi connectivity index (χ2v) is 7.00. The summed E-state index contributed by atoms with van der Waals surface area (Å²) in [5.74, 6) is 1.02. The molecule has 1 aliphatic carbocycles. The molecule has 1 fully saturated rings. The van der Waals surface area contributed by atoms with Crippen LogP contribution in [-0.2, 0) is 10.8 Å². The molecule has 1 heterocycles. The van der Waals surface area contributed by atoms with Gasteiger partial charge in [0.15, 0.2) is 0 Å². The molecule has 2 N–H and O–H groups in total. The van der Waals surface area contributed by atoms with E-state index >= 15 is 0 Å². The summed E-state index contributed by atoms with van der Waals surface area (Å²) >= 11 is 0. The SMILES string of the molecule is CN(C)C1CC(CNC(=O)Nc2ccc(S(C)=O)cn2)C1. The van der Waals surface area contributed by atoms with E-state index in [2.05, 4.69) is 34.6 Å². The predicted molar refractivity (Wildman–Crippen MR) is 83.8 cm³/mol. The van der Waals surface area contributed by atoms with Crippen LogP contribution >= 0.6 is 0 Å². The van der Waals surface area contributed by atoms with Gasteiger partial charge in [0.05, 0.1) is 15.7 Å². The summed E-state index contributed by atoms with van der Waals surface area (Å²) in [6.45, 7) is 0.688. The van der Waals surface area contributed by atoms with Crippen molar-refractivity contribution in [3.8, 4) is 0 Å². The Morgan fingerprint density at radius 1 is 1.43 bits per heavy atom. The number of rotatable bonds is 5. The zero-order chi connectivity index (χ0) is 15.4. The van der Waals surface area contributed by atoms with Crippen LogP contribution in [0, 0.1) is 5.92 Å². The first-order valence-corrected chi connectivity index (χ1v) is 8.52. The molecule has 1 unspecified atom stereocenters. The fourth-order valence-corrected chi connectivity index (χ4v) is 2.77. The third kappa shape index (κ3) is 4.50. The van der Waals surface area contributed by atoms with Gasteiger partial charge in [-0.3, -0.25) is 9.53 Å². The van der Waals surface area contributed by atoms with E-state index in [-0.39, 0.29) is 6.03 Å². The molecule has 0 aromatic carbocycles. The van der Waals surface area contributed by atoms with E-state index in [4.69, 9.17) is 0 Å². The van der Waals surface area contributed by atoms with Gasteiger partial charge in [0.2, 0.25) is 0 Å². The second kappa shape index (κ2) is 7.00. The molecule has 1 atom stereocenters. The van der Waals surface area contributed by atoms with Crippen LogP contribution in [0.5, 0.6) is 0 Å². The number of amides is 2. The third-order valence-electron chi connectivity index (χ3n) is 3.80. The lowest BCUT2D eigenvalue weighted by molar-refractivity contribution is 0.124. The van der Waals surface area contributed by atoms with Crippen molar-refractivity contribution in [3.63, 3.8) is 0 Å². The van der Waals surface area contributed by atoms with Crippen molar-refractivity contribution in [3.05, 3.63) is 18.3 Å². The average molecular weight is 310 g/mol. The van der Waals surface area contributed by atoms with E-state index in [9.17, 15) is 9.00 Å². The second-order valence-electron chi connectivity index (χ2n) is 5.62. The Morgan fingerprint density at radius 2 is 2.14 bits per heavy atom. The van der Waals surface area contributed by atoms with Gasteiger partial charge in [-0.2, -0.15) is 0 Å². The maximum Gasteiger partial charge on any atom is 0.320 e. The Hall–Kier alpha value is -1.47. The van der Waals surface area contributed by atoms with Gasteiger partial charge in [0, 0.05) is 25.0 Å². The zero-order valence-corrected chi connectivity index (χ0v) is 13.4. The lowest BCUT2D eigenvalue weighted by atomic mass is 9.79. The molecular formula is C14H22N4O2S. The van der Waals surface area contributed by atoms with Crippen LogP contribution in [0.4, 0.5) is 10.6 Å². The number of carbonyl (C=O) groups is 1. The van der Waals surface area contributed by atoms with Gasteiger partial charge in [0.1, 0.15) is 5.82 Å². The maximum atomic E-state index is 11.8. The van der Waals surface area contributed by atoms with Crippen molar-refractivity contribution in [1.82, 2.24) is 15.2 Å². The minimum atomic E-state index is -1.06. The van der Waals surface area contributed by atoms with E-state index < -0.39 is 10.8 Å². The minimum Gasteiger partial charge on any atom is -0.338 e. The van der Waals surface area contributed by atoms with Gasteiger partial charge in [-0.25, -0.2) is 9.78 Å². The summed E-state index contributed by atoms with van der Waals surface area (Å²) in [5.41, 5.74) is 0. The van der Waals surface area contributed by atoms with Gasteiger partial charge >= 0.3 is 6.03 Å². The molecule has 21 heavy (non-hydrogen) atoms.